The highest BCUT2D eigenvalue weighted by Crippen LogP contribution is 2.20. The Morgan fingerprint density at radius 2 is 2.00 bits per heavy atom. The summed E-state index contributed by atoms with van der Waals surface area (Å²) in [5.74, 6) is 1.61. The topological polar surface area (TPSA) is 30.7 Å². The highest BCUT2D eigenvalue weighted by atomic mass is 35.5. The highest BCUT2D eigenvalue weighted by Gasteiger charge is 2.11. The number of hydrogen-bond acceptors (Lipinski definition) is 2. The van der Waals surface area contributed by atoms with Gasteiger partial charge in [-0.1, -0.05) is 12.1 Å². The van der Waals surface area contributed by atoms with Crippen LogP contribution in [0.1, 0.15) is 22.6 Å². The van der Waals surface area contributed by atoms with Crippen LogP contribution in [0.25, 0.3) is 11.0 Å². The van der Waals surface area contributed by atoms with Crippen LogP contribution in [0.15, 0.2) is 36.5 Å². The predicted molar refractivity (Wildman–Crippen MR) is 87.0 cm³/mol. The number of aromatic nitrogens is 3. The van der Waals surface area contributed by atoms with Crippen molar-refractivity contribution >= 4 is 22.6 Å². The lowest BCUT2D eigenvalue weighted by molar-refractivity contribution is 0.751. The van der Waals surface area contributed by atoms with Gasteiger partial charge in [0.1, 0.15) is 5.82 Å². The van der Waals surface area contributed by atoms with Gasteiger partial charge >= 0.3 is 0 Å². The summed E-state index contributed by atoms with van der Waals surface area (Å²) in [6.45, 7) is 4.86. The smallest absolute Gasteiger partial charge is 0.111 e. The van der Waals surface area contributed by atoms with Gasteiger partial charge in [0, 0.05) is 24.2 Å². The number of benzene rings is 1. The Morgan fingerprint density at radius 3 is 2.71 bits per heavy atom. The Bertz CT molecular complexity index is 760. The van der Waals surface area contributed by atoms with Crippen molar-refractivity contribution in [3.63, 3.8) is 0 Å². The summed E-state index contributed by atoms with van der Waals surface area (Å²) >= 11 is 5.92. The van der Waals surface area contributed by atoms with Crippen molar-refractivity contribution < 1.29 is 0 Å². The quantitative estimate of drug-likeness (QED) is 0.685. The molecule has 0 radical (unpaired) electrons. The fourth-order valence-corrected chi connectivity index (χ4v) is 2.69. The Kier molecular flexibility index (Phi) is 3.93. The summed E-state index contributed by atoms with van der Waals surface area (Å²) in [5.41, 5.74) is 5.63. The van der Waals surface area contributed by atoms with Crippen LogP contribution >= 0.6 is 11.6 Å². The van der Waals surface area contributed by atoms with E-state index in [-0.39, 0.29) is 0 Å². The SMILES string of the molecule is Cc1ccc2c(c1)nc(CCCl)n2Cc1ccc(C)nc1. The number of pyridine rings is 1. The number of fused-ring (bicyclic) bond motifs is 1. The van der Waals surface area contributed by atoms with Gasteiger partial charge in [-0.15, -0.1) is 11.6 Å². The lowest BCUT2D eigenvalue weighted by atomic mass is 10.2. The van der Waals surface area contributed by atoms with Gasteiger partial charge in [-0.25, -0.2) is 4.98 Å². The van der Waals surface area contributed by atoms with E-state index in [2.05, 4.69) is 40.7 Å². The standard InChI is InChI=1S/C17H18ClN3/c1-12-3-6-16-15(9-12)20-17(7-8-18)21(16)11-14-5-4-13(2)19-10-14/h3-6,9-10H,7-8,11H2,1-2H3. The molecule has 0 unspecified atom stereocenters. The minimum Gasteiger partial charge on any atom is -0.323 e. The van der Waals surface area contributed by atoms with Crippen molar-refractivity contribution in [3.8, 4) is 0 Å². The highest BCUT2D eigenvalue weighted by molar-refractivity contribution is 6.17. The first-order valence-electron chi connectivity index (χ1n) is 7.10. The fraction of sp³-hybridized carbons (Fsp3) is 0.294. The maximum Gasteiger partial charge on any atom is 0.111 e. The molecule has 0 aliphatic heterocycles. The van der Waals surface area contributed by atoms with E-state index in [1.54, 1.807) is 0 Å². The molecule has 0 N–H and O–H groups in total. The molecule has 21 heavy (non-hydrogen) atoms. The summed E-state index contributed by atoms with van der Waals surface area (Å²) in [6.07, 6.45) is 2.70. The molecule has 0 spiro atoms. The summed E-state index contributed by atoms with van der Waals surface area (Å²) < 4.78 is 2.24. The van der Waals surface area contributed by atoms with Crippen molar-refractivity contribution in [1.82, 2.24) is 14.5 Å². The van der Waals surface area contributed by atoms with Crippen LogP contribution in [0, 0.1) is 13.8 Å². The molecule has 4 heteroatoms. The summed E-state index contributed by atoms with van der Waals surface area (Å²) in [5, 5.41) is 0. The first-order chi connectivity index (χ1) is 10.2. The molecule has 3 aromatic rings. The van der Waals surface area contributed by atoms with E-state index in [0.29, 0.717) is 5.88 Å². The van der Waals surface area contributed by atoms with Crippen molar-refractivity contribution in [3.05, 3.63) is 59.2 Å². The molecule has 0 bridgehead atoms. The molecule has 0 saturated carbocycles. The van der Waals surface area contributed by atoms with Gasteiger partial charge in [-0.3, -0.25) is 4.98 Å². The van der Waals surface area contributed by atoms with Gasteiger partial charge < -0.3 is 4.57 Å². The predicted octanol–water partition coefficient (Wildman–Crippen LogP) is 3.88. The maximum absolute atomic E-state index is 5.92. The fourth-order valence-electron chi connectivity index (χ4n) is 2.52. The molecule has 0 aliphatic carbocycles. The molecule has 0 fully saturated rings. The minimum absolute atomic E-state index is 0.578. The van der Waals surface area contributed by atoms with Crippen molar-refractivity contribution in [2.24, 2.45) is 0 Å². The molecule has 3 nitrogen and oxygen atoms in total. The Balaban J connectivity index is 2.06. The lowest BCUT2D eigenvalue weighted by Gasteiger charge is -2.09. The van der Waals surface area contributed by atoms with Crippen molar-refractivity contribution in [2.75, 3.05) is 5.88 Å². The normalized spacial score (nSPS) is 11.2. The average Bonchev–Trinajstić information content (AvgIpc) is 2.79. The van der Waals surface area contributed by atoms with Gasteiger partial charge in [-0.2, -0.15) is 0 Å². The minimum atomic E-state index is 0.578. The van der Waals surface area contributed by atoms with Crippen LogP contribution in [-0.4, -0.2) is 20.4 Å². The zero-order valence-corrected chi connectivity index (χ0v) is 13.1. The van der Waals surface area contributed by atoms with Gasteiger partial charge in [-0.05, 0) is 43.2 Å². The van der Waals surface area contributed by atoms with Crippen LogP contribution in [0.5, 0.6) is 0 Å². The van der Waals surface area contributed by atoms with E-state index in [0.717, 1.165) is 35.5 Å². The Labute approximate surface area is 129 Å². The zero-order chi connectivity index (χ0) is 14.8. The molecule has 0 saturated heterocycles. The molecular weight excluding hydrogens is 282 g/mol. The van der Waals surface area contributed by atoms with Crippen LogP contribution in [0.3, 0.4) is 0 Å². The second kappa shape index (κ2) is 5.86. The van der Waals surface area contributed by atoms with Crippen LogP contribution in [0.2, 0.25) is 0 Å². The lowest BCUT2D eigenvalue weighted by Crippen LogP contribution is -2.06. The molecule has 1 aromatic carbocycles. The second-order valence-corrected chi connectivity index (χ2v) is 5.73. The zero-order valence-electron chi connectivity index (χ0n) is 12.3. The third-order valence-corrected chi connectivity index (χ3v) is 3.80. The number of nitrogens with zero attached hydrogens (tertiary/aromatic N) is 3. The van der Waals surface area contributed by atoms with E-state index in [9.17, 15) is 0 Å². The molecule has 0 aliphatic rings. The molecule has 0 atom stereocenters. The number of halogens is 1. The molecule has 2 aromatic heterocycles. The third kappa shape index (κ3) is 2.93. The largest absolute Gasteiger partial charge is 0.323 e. The molecular formula is C17H18ClN3. The first-order valence-corrected chi connectivity index (χ1v) is 7.64. The molecule has 3 rings (SSSR count). The van der Waals surface area contributed by atoms with E-state index in [1.165, 1.54) is 11.1 Å². The number of rotatable bonds is 4. The van der Waals surface area contributed by atoms with E-state index < -0.39 is 0 Å². The van der Waals surface area contributed by atoms with E-state index in [4.69, 9.17) is 16.6 Å². The summed E-state index contributed by atoms with van der Waals surface area (Å²) in [6, 6.07) is 10.5. The summed E-state index contributed by atoms with van der Waals surface area (Å²) in [4.78, 5) is 9.10. The molecule has 108 valence electrons. The van der Waals surface area contributed by atoms with Gasteiger partial charge in [0.15, 0.2) is 0 Å². The van der Waals surface area contributed by atoms with E-state index in [1.807, 2.05) is 19.2 Å². The summed E-state index contributed by atoms with van der Waals surface area (Å²) in [7, 11) is 0. The first kappa shape index (κ1) is 14.1. The number of imidazole rings is 1. The van der Waals surface area contributed by atoms with Crippen LogP contribution < -0.4 is 0 Å². The van der Waals surface area contributed by atoms with Gasteiger partial charge in [0.05, 0.1) is 17.6 Å². The number of alkyl halides is 1. The van der Waals surface area contributed by atoms with Crippen molar-refractivity contribution in [2.45, 2.75) is 26.8 Å². The Hall–Kier alpha value is -1.87. The number of hydrogen-bond donors (Lipinski definition) is 0. The number of aryl methyl sites for hydroxylation is 3. The monoisotopic (exact) mass is 299 g/mol. The van der Waals surface area contributed by atoms with Gasteiger partial charge in [0.2, 0.25) is 0 Å². The maximum atomic E-state index is 5.92. The third-order valence-electron chi connectivity index (χ3n) is 3.61. The van der Waals surface area contributed by atoms with Gasteiger partial charge in [0.25, 0.3) is 0 Å². The molecule has 2 heterocycles. The second-order valence-electron chi connectivity index (χ2n) is 5.35. The Morgan fingerprint density at radius 1 is 1.14 bits per heavy atom. The van der Waals surface area contributed by atoms with Crippen LogP contribution in [0.4, 0.5) is 0 Å². The molecule has 0 amide bonds. The van der Waals surface area contributed by atoms with Crippen LogP contribution in [-0.2, 0) is 13.0 Å². The average molecular weight is 300 g/mol. The van der Waals surface area contributed by atoms with Crippen molar-refractivity contribution in [1.29, 1.82) is 0 Å². The van der Waals surface area contributed by atoms with E-state index >= 15 is 0 Å².